The third-order valence-electron chi connectivity index (χ3n) is 5.19. The van der Waals surface area contributed by atoms with Gasteiger partial charge in [-0.15, -0.1) is 0 Å². The highest BCUT2D eigenvalue weighted by Crippen LogP contribution is 2.48. The van der Waals surface area contributed by atoms with Crippen molar-refractivity contribution in [2.24, 2.45) is 0 Å². The molecule has 3 atom stereocenters. The second-order valence-corrected chi connectivity index (χ2v) is 6.87. The second-order valence-electron chi connectivity index (χ2n) is 6.87. The van der Waals surface area contributed by atoms with E-state index in [-0.39, 0.29) is 5.60 Å². The minimum atomic E-state index is -0.439. The zero-order valence-corrected chi connectivity index (χ0v) is 12.7. The topological polar surface area (TPSA) is 41.9 Å². The molecule has 1 N–H and O–H groups in total. The first kappa shape index (κ1) is 13.4. The molecule has 2 unspecified atom stereocenters. The van der Waals surface area contributed by atoms with Gasteiger partial charge in [-0.3, -0.25) is 4.90 Å². The van der Waals surface area contributed by atoms with Gasteiger partial charge in [0.15, 0.2) is 0 Å². The molecule has 2 aliphatic heterocycles. The second kappa shape index (κ2) is 4.62. The average Bonchev–Trinajstić information content (AvgIpc) is 3.24. The standard InChI is InChI=1S/C17H23NO3/c1-11-8-17(10-18(11)12-3-4-12)9-15(19)14-6-5-13(20-2)7-16(14)21-17/h5-7,11-12,15,19H,3-4,8-10H2,1-2H3/t11?,15-,17?/m0/s1. The molecule has 3 aliphatic rings. The Morgan fingerprint density at radius 1 is 1.33 bits per heavy atom. The molecule has 4 heteroatoms. The van der Waals surface area contributed by atoms with Crippen molar-refractivity contribution in [2.45, 2.75) is 56.4 Å². The highest BCUT2D eigenvalue weighted by atomic mass is 16.5. The molecule has 0 aromatic heterocycles. The molecule has 1 aromatic carbocycles. The summed E-state index contributed by atoms with van der Waals surface area (Å²) in [5, 5.41) is 10.5. The molecule has 1 saturated heterocycles. The number of fused-ring (bicyclic) bond motifs is 1. The molecule has 114 valence electrons. The van der Waals surface area contributed by atoms with Crippen LogP contribution in [0.3, 0.4) is 0 Å². The fraction of sp³-hybridized carbons (Fsp3) is 0.647. The van der Waals surface area contributed by atoms with Crippen LogP contribution in [-0.2, 0) is 0 Å². The maximum Gasteiger partial charge on any atom is 0.129 e. The molecular formula is C17H23NO3. The Balaban J connectivity index is 1.64. The maximum absolute atomic E-state index is 10.5. The lowest BCUT2D eigenvalue weighted by Gasteiger charge is -2.38. The van der Waals surface area contributed by atoms with Crippen molar-refractivity contribution < 1.29 is 14.6 Å². The Kier molecular flexibility index (Phi) is 2.95. The molecule has 2 heterocycles. The minimum absolute atomic E-state index is 0.235. The Bertz CT molecular complexity index is 557. The fourth-order valence-corrected chi connectivity index (χ4v) is 4.07. The van der Waals surface area contributed by atoms with Crippen LogP contribution in [0.5, 0.6) is 11.5 Å². The van der Waals surface area contributed by atoms with Gasteiger partial charge < -0.3 is 14.6 Å². The van der Waals surface area contributed by atoms with Gasteiger partial charge >= 0.3 is 0 Å². The van der Waals surface area contributed by atoms with Crippen LogP contribution in [0.25, 0.3) is 0 Å². The lowest BCUT2D eigenvalue weighted by atomic mass is 9.87. The predicted octanol–water partition coefficient (Wildman–Crippen LogP) is 2.51. The number of aliphatic hydroxyl groups excluding tert-OH is 1. The first-order chi connectivity index (χ1) is 10.1. The van der Waals surface area contributed by atoms with Crippen LogP contribution in [0.4, 0.5) is 0 Å². The molecule has 0 radical (unpaired) electrons. The Morgan fingerprint density at radius 3 is 2.86 bits per heavy atom. The summed E-state index contributed by atoms with van der Waals surface area (Å²) < 4.78 is 11.7. The maximum atomic E-state index is 10.5. The third kappa shape index (κ3) is 2.21. The number of aliphatic hydroxyl groups is 1. The van der Waals surface area contributed by atoms with Gasteiger partial charge in [0.05, 0.1) is 13.2 Å². The van der Waals surface area contributed by atoms with Gasteiger partial charge in [-0.2, -0.15) is 0 Å². The van der Waals surface area contributed by atoms with E-state index in [0.29, 0.717) is 12.5 Å². The van der Waals surface area contributed by atoms with Crippen LogP contribution in [0.1, 0.15) is 44.3 Å². The number of methoxy groups -OCH3 is 1. The summed E-state index contributed by atoms with van der Waals surface area (Å²) in [5.41, 5.74) is 0.653. The van der Waals surface area contributed by atoms with Gasteiger partial charge in [-0.05, 0) is 31.9 Å². The van der Waals surface area contributed by atoms with Gasteiger partial charge in [0.2, 0.25) is 0 Å². The molecular weight excluding hydrogens is 266 g/mol. The van der Waals surface area contributed by atoms with Gasteiger partial charge in [0.1, 0.15) is 17.1 Å². The monoisotopic (exact) mass is 289 g/mol. The van der Waals surface area contributed by atoms with Gasteiger partial charge in [0, 0.05) is 43.1 Å². The number of benzene rings is 1. The molecule has 1 saturated carbocycles. The molecule has 1 spiro atoms. The van der Waals surface area contributed by atoms with Crippen molar-refractivity contribution >= 4 is 0 Å². The van der Waals surface area contributed by atoms with Crippen LogP contribution in [0.2, 0.25) is 0 Å². The lowest BCUT2D eigenvalue weighted by molar-refractivity contribution is -0.00790. The smallest absolute Gasteiger partial charge is 0.129 e. The molecule has 4 rings (SSSR count). The summed E-state index contributed by atoms with van der Waals surface area (Å²) in [5.74, 6) is 1.57. The summed E-state index contributed by atoms with van der Waals surface area (Å²) in [4.78, 5) is 2.57. The first-order valence-corrected chi connectivity index (χ1v) is 7.91. The van der Waals surface area contributed by atoms with Gasteiger partial charge in [-0.25, -0.2) is 0 Å². The number of ether oxygens (including phenoxy) is 2. The zero-order chi connectivity index (χ0) is 14.6. The van der Waals surface area contributed by atoms with Crippen molar-refractivity contribution in [1.29, 1.82) is 0 Å². The number of likely N-dealkylation sites (tertiary alicyclic amines) is 1. The summed E-state index contributed by atoms with van der Waals surface area (Å²) in [7, 11) is 1.66. The van der Waals surface area contributed by atoms with E-state index in [1.54, 1.807) is 7.11 Å². The zero-order valence-electron chi connectivity index (χ0n) is 12.7. The molecule has 21 heavy (non-hydrogen) atoms. The third-order valence-corrected chi connectivity index (χ3v) is 5.19. The number of hydrogen-bond donors (Lipinski definition) is 1. The SMILES string of the molecule is COc1ccc2c(c1)OC1(CC(C)N(C3CC3)C1)C[C@@H]2O. The van der Waals surface area contributed by atoms with Crippen molar-refractivity contribution in [1.82, 2.24) is 4.90 Å². The van der Waals surface area contributed by atoms with Crippen LogP contribution >= 0.6 is 0 Å². The van der Waals surface area contributed by atoms with Crippen LogP contribution in [-0.4, -0.2) is 41.3 Å². The van der Waals surface area contributed by atoms with E-state index in [0.717, 1.165) is 36.1 Å². The van der Waals surface area contributed by atoms with Crippen molar-refractivity contribution in [3.05, 3.63) is 23.8 Å². The Labute approximate surface area is 125 Å². The predicted molar refractivity (Wildman–Crippen MR) is 79.7 cm³/mol. The van der Waals surface area contributed by atoms with E-state index in [4.69, 9.17) is 9.47 Å². The number of rotatable bonds is 2. The lowest BCUT2D eigenvalue weighted by Crippen LogP contribution is -2.44. The molecule has 4 nitrogen and oxygen atoms in total. The van der Waals surface area contributed by atoms with Crippen molar-refractivity contribution in [3.8, 4) is 11.5 Å². The summed E-state index contributed by atoms with van der Waals surface area (Å²) in [6.45, 7) is 3.22. The summed E-state index contributed by atoms with van der Waals surface area (Å²) in [6, 6.07) is 6.99. The number of hydrogen-bond acceptors (Lipinski definition) is 4. The summed E-state index contributed by atoms with van der Waals surface area (Å²) >= 11 is 0. The fourth-order valence-electron chi connectivity index (χ4n) is 4.07. The quantitative estimate of drug-likeness (QED) is 0.908. The van der Waals surface area contributed by atoms with E-state index in [2.05, 4.69) is 11.8 Å². The Hall–Kier alpha value is -1.26. The van der Waals surface area contributed by atoms with E-state index in [9.17, 15) is 5.11 Å². The highest BCUT2D eigenvalue weighted by Gasteiger charge is 2.51. The van der Waals surface area contributed by atoms with Crippen LogP contribution in [0.15, 0.2) is 18.2 Å². The minimum Gasteiger partial charge on any atom is -0.497 e. The average molecular weight is 289 g/mol. The van der Waals surface area contributed by atoms with E-state index in [1.807, 2.05) is 18.2 Å². The van der Waals surface area contributed by atoms with E-state index >= 15 is 0 Å². The van der Waals surface area contributed by atoms with Crippen LogP contribution in [0, 0.1) is 0 Å². The summed E-state index contributed by atoms with van der Waals surface area (Å²) in [6.07, 6.45) is 3.88. The molecule has 0 amide bonds. The van der Waals surface area contributed by atoms with E-state index in [1.165, 1.54) is 12.8 Å². The molecule has 1 aromatic rings. The van der Waals surface area contributed by atoms with Gasteiger partial charge in [0.25, 0.3) is 0 Å². The highest BCUT2D eigenvalue weighted by molar-refractivity contribution is 5.44. The van der Waals surface area contributed by atoms with Crippen LogP contribution < -0.4 is 9.47 Å². The molecule has 0 bridgehead atoms. The largest absolute Gasteiger partial charge is 0.497 e. The number of nitrogens with zero attached hydrogens (tertiary/aromatic N) is 1. The van der Waals surface area contributed by atoms with Gasteiger partial charge in [-0.1, -0.05) is 0 Å². The van der Waals surface area contributed by atoms with Crippen molar-refractivity contribution in [2.75, 3.05) is 13.7 Å². The van der Waals surface area contributed by atoms with E-state index < -0.39 is 6.10 Å². The molecule has 1 aliphatic carbocycles. The molecule has 2 fully saturated rings. The Morgan fingerprint density at radius 2 is 2.14 bits per heavy atom. The normalized spacial score (nSPS) is 35.6. The van der Waals surface area contributed by atoms with Crippen molar-refractivity contribution in [3.63, 3.8) is 0 Å². The first-order valence-electron chi connectivity index (χ1n) is 7.91.